The molecule has 0 bridgehead atoms. The zero-order chi connectivity index (χ0) is 15.3. The van der Waals surface area contributed by atoms with Gasteiger partial charge in [0.1, 0.15) is 0 Å². The molecule has 5 heteroatoms. The normalized spacial score (nSPS) is 11.7. The molecular formula is C16H9ClF3N. The molecule has 0 saturated carbocycles. The van der Waals surface area contributed by atoms with E-state index < -0.39 is 11.3 Å². The lowest BCUT2D eigenvalue weighted by molar-refractivity contribution is -0.0558. The van der Waals surface area contributed by atoms with E-state index in [4.69, 9.17) is 11.6 Å². The lowest BCUT2D eigenvalue weighted by Gasteiger charge is -2.04. The molecule has 0 N–H and O–H groups in total. The Morgan fingerprint density at radius 1 is 0.905 bits per heavy atom. The second kappa shape index (κ2) is 6.47. The number of rotatable bonds is 1. The van der Waals surface area contributed by atoms with Crippen LogP contribution in [0.2, 0.25) is 0 Å². The molecule has 21 heavy (non-hydrogen) atoms. The molecule has 2 aromatic carbocycles. The van der Waals surface area contributed by atoms with E-state index in [1.165, 1.54) is 6.07 Å². The first-order valence-corrected chi connectivity index (χ1v) is 6.32. The Morgan fingerprint density at radius 2 is 1.52 bits per heavy atom. The standard InChI is InChI=1S/C16H9ClF3N/c17-15(16(18,19)20)21-14-9-5-4-8-13(14)11-10-12-6-2-1-3-7-12/h1-9H. The average molecular weight is 308 g/mol. The first-order chi connectivity index (χ1) is 9.97. The summed E-state index contributed by atoms with van der Waals surface area (Å²) in [5, 5.41) is -1.42. The minimum Gasteiger partial charge on any atom is -0.231 e. The van der Waals surface area contributed by atoms with Crippen molar-refractivity contribution in [3.63, 3.8) is 0 Å². The number of nitrogens with zero attached hydrogens (tertiary/aromatic N) is 1. The molecule has 0 aliphatic carbocycles. The molecule has 0 radical (unpaired) electrons. The summed E-state index contributed by atoms with van der Waals surface area (Å²) >= 11 is 5.16. The molecule has 2 rings (SSSR count). The van der Waals surface area contributed by atoms with Crippen molar-refractivity contribution >= 4 is 22.5 Å². The lowest BCUT2D eigenvalue weighted by Crippen LogP contribution is -2.16. The summed E-state index contributed by atoms with van der Waals surface area (Å²) in [6.07, 6.45) is -4.67. The second-order valence-corrected chi connectivity index (χ2v) is 4.39. The zero-order valence-corrected chi connectivity index (χ0v) is 11.4. The molecule has 0 spiro atoms. The van der Waals surface area contributed by atoms with E-state index >= 15 is 0 Å². The summed E-state index contributed by atoms with van der Waals surface area (Å²) in [6, 6.07) is 15.4. The highest BCUT2D eigenvalue weighted by molar-refractivity contribution is 6.67. The van der Waals surface area contributed by atoms with Crippen LogP contribution in [0.5, 0.6) is 0 Å². The fraction of sp³-hybridized carbons (Fsp3) is 0.0625. The monoisotopic (exact) mass is 307 g/mol. The van der Waals surface area contributed by atoms with Crippen LogP contribution in [0.15, 0.2) is 59.6 Å². The number of halogens is 4. The summed E-state index contributed by atoms with van der Waals surface area (Å²) in [4.78, 5) is 3.40. The zero-order valence-electron chi connectivity index (χ0n) is 10.7. The van der Waals surface area contributed by atoms with Gasteiger partial charge in [0, 0.05) is 5.56 Å². The number of hydrogen-bond donors (Lipinski definition) is 0. The maximum absolute atomic E-state index is 12.4. The number of aliphatic imine (C=N–C) groups is 1. The number of alkyl halides is 3. The highest BCUT2D eigenvalue weighted by Gasteiger charge is 2.34. The van der Waals surface area contributed by atoms with Crippen molar-refractivity contribution in [1.82, 2.24) is 0 Å². The van der Waals surface area contributed by atoms with Crippen LogP contribution >= 0.6 is 11.6 Å². The van der Waals surface area contributed by atoms with Gasteiger partial charge in [-0.15, -0.1) is 0 Å². The fourth-order valence-corrected chi connectivity index (χ4v) is 1.60. The van der Waals surface area contributed by atoms with Crippen LogP contribution in [0.4, 0.5) is 18.9 Å². The molecule has 106 valence electrons. The van der Waals surface area contributed by atoms with Gasteiger partial charge in [0.2, 0.25) is 5.17 Å². The summed E-state index contributed by atoms with van der Waals surface area (Å²) in [6.45, 7) is 0. The van der Waals surface area contributed by atoms with E-state index in [1.807, 2.05) is 30.3 Å². The van der Waals surface area contributed by atoms with Gasteiger partial charge >= 0.3 is 6.18 Å². The van der Waals surface area contributed by atoms with E-state index in [0.29, 0.717) is 5.56 Å². The Balaban J connectivity index is 2.37. The third kappa shape index (κ3) is 4.37. The van der Waals surface area contributed by atoms with Gasteiger partial charge in [0.25, 0.3) is 0 Å². The number of hydrogen-bond acceptors (Lipinski definition) is 1. The van der Waals surface area contributed by atoms with E-state index in [2.05, 4.69) is 16.8 Å². The third-order valence-electron chi connectivity index (χ3n) is 2.47. The minimum absolute atomic E-state index is 0.0863. The SMILES string of the molecule is FC(F)(F)C(Cl)=Nc1ccccc1C#Cc1ccccc1. The van der Waals surface area contributed by atoms with Gasteiger partial charge in [0.15, 0.2) is 0 Å². The predicted molar refractivity (Wildman–Crippen MR) is 77.9 cm³/mol. The summed E-state index contributed by atoms with van der Waals surface area (Å²) in [7, 11) is 0. The Hall–Kier alpha value is -2.25. The molecule has 0 aliphatic rings. The Kier molecular flexibility index (Phi) is 4.66. The number of benzene rings is 2. The van der Waals surface area contributed by atoms with Crippen molar-refractivity contribution in [2.45, 2.75) is 6.18 Å². The van der Waals surface area contributed by atoms with Gasteiger partial charge in [-0.1, -0.05) is 53.8 Å². The van der Waals surface area contributed by atoms with Gasteiger partial charge in [-0.2, -0.15) is 13.2 Å². The molecular weight excluding hydrogens is 299 g/mol. The predicted octanol–water partition coefficient (Wildman–Crippen LogP) is 4.92. The van der Waals surface area contributed by atoms with Crippen molar-refractivity contribution in [3.8, 4) is 11.8 Å². The molecule has 1 nitrogen and oxygen atoms in total. The lowest BCUT2D eigenvalue weighted by atomic mass is 10.1. The molecule has 0 unspecified atom stereocenters. The van der Waals surface area contributed by atoms with E-state index in [9.17, 15) is 13.2 Å². The van der Waals surface area contributed by atoms with Crippen molar-refractivity contribution in [1.29, 1.82) is 0 Å². The van der Waals surface area contributed by atoms with Gasteiger partial charge < -0.3 is 0 Å². The van der Waals surface area contributed by atoms with Crippen LogP contribution in [-0.2, 0) is 0 Å². The maximum atomic E-state index is 12.4. The second-order valence-electron chi connectivity index (χ2n) is 4.03. The van der Waals surface area contributed by atoms with Crippen molar-refractivity contribution in [2.75, 3.05) is 0 Å². The molecule has 0 aromatic heterocycles. The number of para-hydroxylation sites is 1. The average Bonchev–Trinajstić information content (AvgIpc) is 2.46. The van der Waals surface area contributed by atoms with Crippen molar-refractivity contribution in [3.05, 3.63) is 65.7 Å². The fourth-order valence-electron chi connectivity index (χ4n) is 1.51. The van der Waals surface area contributed by atoms with E-state index in [1.54, 1.807) is 18.2 Å². The van der Waals surface area contributed by atoms with Gasteiger partial charge in [-0.05, 0) is 24.3 Å². The van der Waals surface area contributed by atoms with Crippen molar-refractivity contribution < 1.29 is 13.2 Å². The van der Waals surface area contributed by atoms with Gasteiger partial charge in [0.05, 0.1) is 11.3 Å². The van der Waals surface area contributed by atoms with Crippen LogP contribution in [0.1, 0.15) is 11.1 Å². The van der Waals surface area contributed by atoms with Crippen LogP contribution in [0.3, 0.4) is 0 Å². The van der Waals surface area contributed by atoms with Crippen molar-refractivity contribution in [2.24, 2.45) is 4.99 Å². The largest absolute Gasteiger partial charge is 0.444 e. The maximum Gasteiger partial charge on any atom is 0.444 e. The molecule has 0 saturated heterocycles. The van der Waals surface area contributed by atoms with Crippen LogP contribution in [0, 0.1) is 11.8 Å². The minimum atomic E-state index is -4.67. The van der Waals surface area contributed by atoms with Gasteiger partial charge in [-0.25, -0.2) is 4.99 Å². The Morgan fingerprint density at radius 3 is 2.19 bits per heavy atom. The topological polar surface area (TPSA) is 12.4 Å². The molecule has 0 fully saturated rings. The first-order valence-electron chi connectivity index (χ1n) is 5.94. The van der Waals surface area contributed by atoms with Crippen LogP contribution < -0.4 is 0 Å². The van der Waals surface area contributed by atoms with Crippen LogP contribution in [0.25, 0.3) is 0 Å². The molecule has 2 aromatic rings. The summed E-state index contributed by atoms with van der Waals surface area (Å²) in [5.41, 5.74) is 1.23. The first kappa shape index (κ1) is 15.1. The molecule has 0 atom stereocenters. The summed E-state index contributed by atoms with van der Waals surface area (Å²) in [5.74, 6) is 5.67. The Bertz CT molecular complexity index is 710. The highest BCUT2D eigenvalue weighted by atomic mass is 35.5. The van der Waals surface area contributed by atoms with Crippen LogP contribution in [-0.4, -0.2) is 11.3 Å². The molecule has 0 heterocycles. The molecule has 0 aliphatic heterocycles. The van der Waals surface area contributed by atoms with E-state index in [0.717, 1.165) is 5.56 Å². The third-order valence-corrected chi connectivity index (χ3v) is 2.77. The van der Waals surface area contributed by atoms with Gasteiger partial charge in [-0.3, -0.25) is 0 Å². The smallest absolute Gasteiger partial charge is 0.231 e. The van der Waals surface area contributed by atoms with E-state index in [-0.39, 0.29) is 5.69 Å². The summed E-state index contributed by atoms with van der Waals surface area (Å²) < 4.78 is 37.3. The highest BCUT2D eigenvalue weighted by Crippen LogP contribution is 2.25. The molecule has 0 amide bonds. The quantitative estimate of drug-likeness (QED) is 0.524. The Labute approximate surface area is 125 Å².